The van der Waals surface area contributed by atoms with Gasteiger partial charge in [0.15, 0.2) is 8.07 Å². The first kappa shape index (κ1) is 31.5. The van der Waals surface area contributed by atoms with Gasteiger partial charge in [-0.25, -0.2) is 0 Å². The molecule has 0 saturated carbocycles. The SMILES string of the molecule is CC1(C)c2ccccc2-c2ccc(N(c3ccc(-c4ccccc4)cc3)c3cccc4c3[Si](c3ccccc3)(c3ccccc3)c3ccccc3-4)cc21. The third-order valence-electron chi connectivity index (χ3n) is 11.8. The van der Waals surface area contributed by atoms with Crippen LogP contribution in [0.3, 0.4) is 0 Å². The lowest BCUT2D eigenvalue weighted by Gasteiger charge is -2.36. The maximum atomic E-state index is 2.55. The van der Waals surface area contributed by atoms with E-state index in [0.717, 1.165) is 5.69 Å². The largest absolute Gasteiger partial charge is 0.311 e. The van der Waals surface area contributed by atoms with Crippen molar-refractivity contribution in [1.29, 1.82) is 0 Å². The second kappa shape index (κ2) is 12.2. The smallest absolute Gasteiger partial charge is 0.183 e. The van der Waals surface area contributed by atoms with Gasteiger partial charge in [0.2, 0.25) is 0 Å². The fourth-order valence-corrected chi connectivity index (χ4v) is 14.7. The van der Waals surface area contributed by atoms with Gasteiger partial charge in [-0.3, -0.25) is 0 Å². The molecule has 0 unspecified atom stereocenters. The van der Waals surface area contributed by atoms with Crippen LogP contribution in [0.2, 0.25) is 0 Å². The number of fused-ring (bicyclic) bond motifs is 6. The van der Waals surface area contributed by atoms with E-state index >= 15 is 0 Å². The van der Waals surface area contributed by atoms with Crippen LogP contribution < -0.4 is 25.6 Å². The van der Waals surface area contributed by atoms with E-state index in [1.54, 1.807) is 0 Å². The Hall–Kier alpha value is -6.22. The summed E-state index contributed by atoms with van der Waals surface area (Å²) in [5.74, 6) is 0. The molecule has 1 aliphatic heterocycles. The molecule has 0 aromatic heterocycles. The Bertz CT molecular complexity index is 2590. The van der Waals surface area contributed by atoms with Gasteiger partial charge in [0.1, 0.15) is 0 Å². The van der Waals surface area contributed by atoms with E-state index in [4.69, 9.17) is 0 Å². The summed E-state index contributed by atoms with van der Waals surface area (Å²) in [6.45, 7) is 4.75. The minimum Gasteiger partial charge on any atom is -0.311 e. The lowest BCUT2D eigenvalue weighted by molar-refractivity contribution is 0.660. The Kier molecular flexibility index (Phi) is 7.25. The zero-order chi connectivity index (χ0) is 35.6. The monoisotopic (exact) mass is 693 g/mol. The summed E-state index contributed by atoms with van der Waals surface area (Å²) in [5.41, 5.74) is 14.0. The van der Waals surface area contributed by atoms with E-state index in [0.29, 0.717) is 0 Å². The van der Waals surface area contributed by atoms with Crippen molar-refractivity contribution in [2.24, 2.45) is 0 Å². The van der Waals surface area contributed by atoms with Gasteiger partial charge in [-0.2, -0.15) is 0 Å². The molecule has 0 bridgehead atoms. The fraction of sp³-hybridized carbons (Fsp3) is 0.0588. The van der Waals surface area contributed by atoms with Crippen molar-refractivity contribution in [3.05, 3.63) is 211 Å². The maximum absolute atomic E-state index is 2.80. The summed E-state index contributed by atoms with van der Waals surface area (Å²) in [6.07, 6.45) is 0. The number of hydrogen-bond acceptors (Lipinski definition) is 1. The first-order valence-electron chi connectivity index (χ1n) is 18.6. The minimum absolute atomic E-state index is 0.119. The number of anilines is 3. The highest BCUT2D eigenvalue weighted by molar-refractivity contribution is 7.22. The number of hydrogen-bond donors (Lipinski definition) is 0. The third-order valence-corrected chi connectivity index (χ3v) is 16.7. The summed E-state index contributed by atoms with van der Waals surface area (Å²) in [7, 11) is -2.80. The highest BCUT2D eigenvalue weighted by Gasteiger charge is 2.50. The maximum Gasteiger partial charge on any atom is 0.183 e. The van der Waals surface area contributed by atoms with E-state index in [-0.39, 0.29) is 5.41 Å². The third kappa shape index (κ3) is 4.69. The van der Waals surface area contributed by atoms with E-state index in [9.17, 15) is 0 Å². The van der Waals surface area contributed by atoms with Crippen LogP contribution in [-0.2, 0) is 5.41 Å². The van der Waals surface area contributed by atoms with Crippen LogP contribution in [0.5, 0.6) is 0 Å². The summed E-state index contributed by atoms with van der Waals surface area (Å²) < 4.78 is 0. The molecule has 0 atom stereocenters. The number of rotatable bonds is 6. The Morgan fingerprint density at radius 1 is 0.396 bits per heavy atom. The van der Waals surface area contributed by atoms with Gasteiger partial charge in [0.05, 0.1) is 0 Å². The van der Waals surface area contributed by atoms with E-state index < -0.39 is 8.07 Å². The number of benzene rings is 8. The topological polar surface area (TPSA) is 3.24 Å². The Labute approximate surface area is 313 Å². The zero-order valence-corrected chi connectivity index (χ0v) is 31.0. The van der Waals surface area contributed by atoms with Crippen molar-refractivity contribution in [3.8, 4) is 33.4 Å². The molecule has 0 spiro atoms. The second-order valence-corrected chi connectivity index (χ2v) is 18.6. The van der Waals surface area contributed by atoms with Crippen molar-refractivity contribution in [2.75, 3.05) is 4.90 Å². The average Bonchev–Trinajstić information content (AvgIpc) is 3.66. The zero-order valence-electron chi connectivity index (χ0n) is 30.0. The molecule has 0 amide bonds. The van der Waals surface area contributed by atoms with Crippen molar-refractivity contribution < 1.29 is 0 Å². The Morgan fingerprint density at radius 3 is 1.62 bits per heavy atom. The molecule has 252 valence electrons. The van der Waals surface area contributed by atoms with Crippen LogP contribution in [0.25, 0.3) is 33.4 Å². The van der Waals surface area contributed by atoms with Gasteiger partial charge in [-0.15, -0.1) is 0 Å². The first-order chi connectivity index (χ1) is 26.1. The quantitative estimate of drug-likeness (QED) is 0.157. The molecular weight excluding hydrogens is 655 g/mol. The molecule has 10 rings (SSSR count). The minimum atomic E-state index is -2.80. The molecule has 1 nitrogen and oxygen atoms in total. The summed E-state index contributed by atoms with van der Waals surface area (Å²) in [5, 5.41) is 5.68. The first-order valence-corrected chi connectivity index (χ1v) is 20.6. The molecule has 8 aromatic rings. The van der Waals surface area contributed by atoms with Crippen LogP contribution in [0.1, 0.15) is 25.0 Å². The Morgan fingerprint density at radius 2 is 0.925 bits per heavy atom. The van der Waals surface area contributed by atoms with E-state index in [2.05, 4.69) is 219 Å². The van der Waals surface area contributed by atoms with Gasteiger partial charge in [0, 0.05) is 22.5 Å². The fourth-order valence-electron chi connectivity index (χ4n) is 9.36. The highest BCUT2D eigenvalue weighted by Crippen LogP contribution is 2.51. The van der Waals surface area contributed by atoms with E-state index in [1.165, 1.54) is 76.6 Å². The molecule has 53 heavy (non-hydrogen) atoms. The lowest BCUT2D eigenvalue weighted by Crippen LogP contribution is -2.73. The van der Waals surface area contributed by atoms with Crippen LogP contribution in [0.4, 0.5) is 17.1 Å². The second-order valence-electron chi connectivity index (χ2n) is 14.9. The highest BCUT2D eigenvalue weighted by atomic mass is 28.3. The standard InChI is InChI=1S/C51H39NSi/c1-51(2)46-26-14-12-23-42(46)43-34-33-39(35-47(43)51)52(38-31-29-37(30-32-38)36-17-6-3-7-18-36)48-27-16-25-45-44-24-13-15-28-49(44)53(50(45)48,40-19-8-4-9-20-40)41-21-10-5-11-22-41/h3-35H,1-2H3. The number of nitrogens with zero attached hydrogens (tertiary/aromatic N) is 1. The molecular formula is C51H39NSi. The van der Waals surface area contributed by atoms with Crippen molar-refractivity contribution in [1.82, 2.24) is 0 Å². The molecule has 2 heteroatoms. The lowest BCUT2D eigenvalue weighted by atomic mass is 9.82. The average molecular weight is 694 g/mol. The van der Waals surface area contributed by atoms with Gasteiger partial charge < -0.3 is 4.90 Å². The van der Waals surface area contributed by atoms with Crippen molar-refractivity contribution >= 4 is 45.9 Å². The van der Waals surface area contributed by atoms with Gasteiger partial charge in [0.25, 0.3) is 0 Å². The van der Waals surface area contributed by atoms with Gasteiger partial charge in [-0.05, 0) is 95.6 Å². The molecule has 1 heterocycles. The van der Waals surface area contributed by atoms with Crippen LogP contribution >= 0.6 is 0 Å². The summed E-state index contributed by atoms with van der Waals surface area (Å²) in [4.78, 5) is 2.55. The molecule has 8 aromatic carbocycles. The molecule has 0 radical (unpaired) electrons. The molecule has 0 N–H and O–H groups in total. The van der Waals surface area contributed by atoms with Crippen molar-refractivity contribution in [3.63, 3.8) is 0 Å². The van der Waals surface area contributed by atoms with Crippen LogP contribution in [0, 0.1) is 0 Å². The van der Waals surface area contributed by atoms with E-state index in [1.807, 2.05) is 0 Å². The van der Waals surface area contributed by atoms with Crippen LogP contribution in [0.15, 0.2) is 200 Å². The van der Waals surface area contributed by atoms with Gasteiger partial charge in [-0.1, -0.05) is 184 Å². The summed E-state index contributed by atoms with van der Waals surface area (Å²) >= 11 is 0. The molecule has 1 aliphatic carbocycles. The predicted octanol–water partition coefficient (Wildman–Crippen LogP) is 10.5. The van der Waals surface area contributed by atoms with Crippen LogP contribution in [-0.4, -0.2) is 8.07 Å². The molecule has 2 aliphatic rings. The molecule has 0 fully saturated rings. The Balaban J connectivity index is 1.27. The normalized spacial score (nSPS) is 14.2. The van der Waals surface area contributed by atoms with Gasteiger partial charge >= 0.3 is 0 Å². The predicted molar refractivity (Wildman–Crippen MR) is 227 cm³/mol. The molecule has 0 saturated heterocycles. The van der Waals surface area contributed by atoms with Crippen molar-refractivity contribution in [2.45, 2.75) is 19.3 Å². The summed E-state index contributed by atoms with van der Waals surface area (Å²) in [6, 6.07) is 74.8.